The summed E-state index contributed by atoms with van der Waals surface area (Å²) >= 11 is 1.88. The molecule has 3 nitrogen and oxygen atoms in total. The molecule has 0 aliphatic rings. The van der Waals surface area contributed by atoms with Crippen LogP contribution in [0.25, 0.3) is 97.7 Å². The molecule has 4 heteroatoms. The fourth-order valence-electron chi connectivity index (χ4n) is 9.06. The van der Waals surface area contributed by atoms with Crippen molar-refractivity contribution >= 4 is 81.2 Å². The zero-order valence-corrected chi connectivity index (χ0v) is 33.8. The second-order valence-electron chi connectivity index (χ2n) is 15.5. The number of anilines is 3. The van der Waals surface area contributed by atoms with Crippen LogP contribution in [-0.4, -0.2) is 4.98 Å². The fourth-order valence-corrected chi connectivity index (χ4v) is 10.4. The number of rotatable bonds is 7. The van der Waals surface area contributed by atoms with Crippen molar-refractivity contribution in [2.24, 2.45) is 0 Å². The molecule has 0 atom stereocenters. The molecule has 0 N–H and O–H groups in total. The summed E-state index contributed by atoms with van der Waals surface area (Å²) in [5.41, 5.74) is 13.1. The minimum absolute atomic E-state index is 0.629. The molecule has 286 valence electrons. The van der Waals surface area contributed by atoms with E-state index in [0.717, 1.165) is 44.5 Å². The summed E-state index contributed by atoms with van der Waals surface area (Å²) in [5.74, 6) is 0.629. The van der Waals surface area contributed by atoms with Crippen molar-refractivity contribution in [3.8, 4) is 44.8 Å². The van der Waals surface area contributed by atoms with E-state index >= 15 is 0 Å². The highest BCUT2D eigenvalue weighted by molar-refractivity contribution is 7.26. The first kappa shape index (κ1) is 35.2. The first-order chi connectivity index (χ1) is 30.2. The Morgan fingerprint density at radius 2 is 0.967 bits per heavy atom. The largest absolute Gasteiger partial charge is 0.436 e. The summed E-state index contributed by atoms with van der Waals surface area (Å²) in [5, 5.41) is 7.38. The summed E-state index contributed by atoms with van der Waals surface area (Å²) in [6, 6.07) is 78.2. The highest BCUT2D eigenvalue weighted by Gasteiger charge is 2.21. The van der Waals surface area contributed by atoms with Crippen molar-refractivity contribution < 1.29 is 4.42 Å². The van der Waals surface area contributed by atoms with E-state index in [1.807, 2.05) is 35.6 Å². The molecule has 0 fully saturated rings. The van der Waals surface area contributed by atoms with Gasteiger partial charge in [0, 0.05) is 48.4 Å². The predicted octanol–water partition coefficient (Wildman–Crippen LogP) is 16.6. The maximum Gasteiger partial charge on any atom is 0.227 e. The van der Waals surface area contributed by atoms with Crippen molar-refractivity contribution in [2.45, 2.75) is 0 Å². The molecule has 2 heterocycles. The SMILES string of the molecule is c1ccc(-c2ccc(N(c3ccccc3)c3ccc(-c4c(-c5ccc(-c6nc7ccccc7o6)c6ccccc56)ccc5c4sc4ccc6ccccc6c45)cc3)cc2)cc1. The molecule has 12 rings (SSSR count). The lowest BCUT2D eigenvalue weighted by Crippen LogP contribution is -2.09. The Kier molecular flexibility index (Phi) is 8.36. The van der Waals surface area contributed by atoms with Gasteiger partial charge in [-0.2, -0.15) is 0 Å². The molecular weight excluding hydrogens is 761 g/mol. The molecule has 0 aliphatic heterocycles. The van der Waals surface area contributed by atoms with E-state index in [2.05, 4.69) is 199 Å². The van der Waals surface area contributed by atoms with E-state index in [-0.39, 0.29) is 0 Å². The molecule has 61 heavy (non-hydrogen) atoms. The third-order valence-corrected chi connectivity index (χ3v) is 13.1. The van der Waals surface area contributed by atoms with Crippen LogP contribution < -0.4 is 4.90 Å². The Labute approximate surface area is 357 Å². The van der Waals surface area contributed by atoms with Gasteiger partial charge < -0.3 is 9.32 Å². The topological polar surface area (TPSA) is 29.3 Å². The summed E-state index contributed by atoms with van der Waals surface area (Å²) < 4.78 is 8.90. The molecule has 0 radical (unpaired) electrons. The fraction of sp³-hybridized carbons (Fsp3) is 0. The number of oxazole rings is 1. The number of hydrogen-bond donors (Lipinski definition) is 0. The average molecular weight is 797 g/mol. The van der Waals surface area contributed by atoms with Crippen LogP contribution in [0.5, 0.6) is 0 Å². The Balaban J connectivity index is 1.05. The van der Waals surface area contributed by atoms with Gasteiger partial charge in [-0.25, -0.2) is 4.98 Å². The highest BCUT2D eigenvalue weighted by Crippen LogP contribution is 2.49. The standard InChI is InChI=1S/C57H36N2OS/c1-3-13-37(14-4-1)38-23-28-42(29-24-38)59(41-16-5-2-6-17-41)43-30-25-40(26-31-43)54-48(33-35-50-55-44-18-8-7-15-39(44)27-36-53(55)61-56(50)54)47-32-34-49(46-20-10-9-19-45(46)47)57-58-51-21-11-12-22-52(51)60-57/h1-36H. The van der Waals surface area contributed by atoms with Crippen LogP contribution in [0.1, 0.15) is 0 Å². The Morgan fingerprint density at radius 3 is 1.72 bits per heavy atom. The molecule has 0 bridgehead atoms. The highest BCUT2D eigenvalue weighted by atomic mass is 32.1. The van der Waals surface area contributed by atoms with E-state index in [4.69, 9.17) is 9.40 Å². The minimum Gasteiger partial charge on any atom is -0.436 e. The number of hydrogen-bond acceptors (Lipinski definition) is 4. The Hall–Kier alpha value is -7.79. The zero-order chi connectivity index (χ0) is 40.3. The molecule has 0 unspecified atom stereocenters. The summed E-state index contributed by atoms with van der Waals surface area (Å²) in [6.45, 7) is 0. The number of thiophene rings is 1. The second-order valence-corrected chi connectivity index (χ2v) is 16.5. The van der Waals surface area contributed by atoms with Crippen LogP contribution in [0.4, 0.5) is 17.1 Å². The van der Waals surface area contributed by atoms with Crippen molar-refractivity contribution in [1.29, 1.82) is 0 Å². The number of fused-ring (bicyclic) bond motifs is 7. The molecular formula is C57H36N2OS. The maximum atomic E-state index is 6.33. The van der Waals surface area contributed by atoms with Crippen molar-refractivity contribution in [3.63, 3.8) is 0 Å². The van der Waals surface area contributed by atoms with Crippen molar-refractivity contribution in [2.75, 3.05) is 4.90 Å². The van der Waals surface area contributed by atoms with E-state index in [1.165, 1.54) is 64.3 Å². The molecule has 12 aromatic rings. The molecule has 0 aliphatic carbocycles. The van der Waals surface area contributed by atoms with E-state index in [0.29, 0.717) is 5.89 Å². The molecule has 0 saturated heterocycles. The van der Waals surface area contributed by atoms with E-state index < -0.39 is 0 Å². The van der Waals surface area contributed by atoms with Crippen LogP contribution in [0.2, 0.25) is 0 Å². The van der Waals surface area contributed by atoms with Gasteiger partial charge in [-0.15, -0.1) is 11.3 Å². The van der Waals surface area contributed by atoms with Gasteiger partial charge in [0.05, 0.1) is 0 Å². The number of benzene rings is 10. The van der Waals surface area contributed by atoms with Crippen LogP contribution >= 0.6 is 11.3 Å². The third kappa shape index (κ3) is 5.99. The smallest absolute Gasteiger partial charge is 0.227 e. The van der Waals surface area contributed by atoms with Crippen molar-refractivity contribution in [3.05, 3.63) is 218 Å². The number of para-hydroxylation sites is 3. The molecule has 0 spiro atoms. The predicted molar refractivity (Wildman–Crippen MR) is 258 cm³/mol. The van der Waals surface area contributed by atoms with Crippen molar-refractivity contribution in [1.82, 2.24) is 4.98 Å². The van der Waals surface area contributed by atoms with Crippen LogP contribution in [0.15, 0.2) is 223 Å². The first-order valence-corrected chi connectivity index (χ1v) is 21.4. The average Bonchev–Trinajstić information content (AvgIpc) is 3.95. The quantitative estimate of drug-likeness (QED) is 0.161. The van der Waals surface area contributed by atoms with E-state index in [1.54, 1.807) is 0 Å². The van der Waals surface area contributed by atoms with Crippen LogP contribution in [0, 0.1) is 0 Å². The summed E-state index contributed by atoms with van der Waals surface area (Å²) in [6.07, 6.45) is 0. The molecule has 2 aromatic heterocycles. The van der Waals surface area contributed by atoms with Gasteiger partial charge in [0.15, 0.2) is 5.58 Å². The van der Waals surface area contributed by atoms with Gasteiger partial charge in [-0.1, -0.05) is 158 Å². The lowest BCUT2D eigenvalue weighted by Gasteiger charge is -2.26. The monoisotopic (exact) mass is 796 g/mol. The lowest BCUT2D eigenvalue weighted by molar-refractivity contribution is 0.620. The molecule has 10 aromatic carbocycles. The Bertz CT molecular complexity index is 3540. The van der Waals surface area contributed by atoms with E-state index in [9.17, 15) is 0 Å². The van der Waals surface area contributed by atoms with Gasteiger partial charge in [0.25, 0.3) is 0 Å². The summed E-state index contributed by atoms with van der Waals surface area (Å²) in [4.78, 5) is 7.24. The third-order valence-electron chi connectivity index (χ3n) is 11.9. The van der Waals surface area contributed by atoms with Gasteiger partial charge in [-0.05, 0) is 110 Å². The second kappa shape index (κ2) is 14.5. The number of nitrogens with zero attached hydrogens (tertiary/aromatic N) is 2. The lowest BCUT2D eigenvalue weighted by atomic mass is 9.88. The maximum absolute atomic E-state index is 6.33. The van der Waals surface area contributed by atoms with Gasteiger partial charge >= 0.3 is 0 Å². The first-order valence-electron chi connectivity index (χ1n) is 20.6. The van der Waals surface area contributed by atoms with Crippen LogP contribution in [-0.2, 0) is 0 Å². The Morgan fingerprint density at radius 1 is 0.393 bits per heavy atom. The number of aromatic nitrogens is 1. The molecule has 0 saturated carbocycles. The van der Waals surface area contributed by atoms with Gasteiger partial charge in [0.2, 0.25) is 5.89 Å². The molecule has 0 amide bonds. The zero-order valence-electron chi connectivity index (χ0n) is 33.0. The van der Waals surface area contributed by atoms with Gasteiger partial charge in [0.1, 0.15) is 5.52 Å². The normalized spacial score (nSPS) is 11.6. The summed E-state index contributed by atoms with van der Waals surface area (Å²) in [7, 11) is 0. The minimum atomic E-state index is 0.629. The van der Waals surface area contributed by atoms with Crippen LogP contribution in [0.3, 0.4) is 0 Å². The van der Waals surface area contributed by atoms with Gasteiger partial charge in [-0.3, -0.25) is 0 Å².